The summed E-state index contributed by atoms with van der Waals surface area (Å²) < 4.78 is 0. The SMILES string of the molecule is CC(C)=CCC/C(C)=C/CC/C(C)=C/CC/C(C)=C/CSCC(Nc1csc(C)n1)c1nc2ccccc2[nH]1. The number of imidazole rings is 1. The van der Waals surface area contributed by atoms with E-state index in [1.54, 1.807) is 11.3 Å². The molecule has 0 aliphatic carbocycles. The van der Waals surface area contributed by atoms with Crippen LogP contribution in [0, 0.1) is 6.92 Å². The molecule has 3 rings (SSSR count). The van der Waals surface area contributed by atoms with Crippen molar-refractivity contribution >= 4 is 39.9 Å². The molecule has 210 valence electrons. The maximum absolute atomic E-state index is 4.85. The molecule has 0 bridgehead atoms. The number of fused-ring (bicyclic) bond motifs is 1. The first-order valence-electron chi connectivity index (χ1n) is 14.1. The molecular weight excluding hydrogens is 517 g/mol. The fraction of sp³-hybridized carbons (Fsp3) is 0.455. The first-order valence-corrected chi connectivity index (χ1v) is 16.1. The zero-order valence-electron chi connectivity index (χ0n) is 24.6. The van der Waals surface area contributed by atoms with E-state index in [-0.39, 0.29) is 6.04 Å². The maximum atomic E-state index is 4.85. The Balaban J connectivity index is 1.43. The second-order valence-corrected chi connectivity index (χ2v) is 12.8. The Morgan fingerprint density at radius 3 is 2.15 bits per heavy atom. The van der Waals surface area contributed by atoms with Crippen LogP contribution in [-0.4, -0.2) is 26.5 Å². The zero-order chi connectivity index (χ0) is 28.0. The van der Waals surface area contributed by atoms with E-state index in [4.69, 9.17) is 4.98 Å². The highest BCUT2D eigenvalue weighted by Crippen LogP contribution is 2.25. The van der Waals surface area contributed by atoms with Gasteiger partial charge in [-0.15, -0.1) is 11.3 Å². The molecule has 0 amide bonds. The van der Waals surface area contributed by atoms with Crippen LogP contribution in [0.3, 0.4) is 0 Å². The number of aromatic nitrogens is 3. The average Bonchev–Trinajstić information content (AvgIpc) is 3.51. The van der Waals surface area contributed by atoms with Crippen LogP contribution in [0.2, 0.25) is 0 Å². The van der Waals surface area contributed by atoms with E-state index in [1.807, 2.05) is 30.8 Å². The predicted molar refractivity (Wildman–Crippen MR) is 175 cm³/mol. The Morgan fingerprint density at radius 2 is 1.54 bits per heavy atom. The fourth-order valence-corrected chi connectivity index (χ4v) is 5.88. The van der Waals surface area contributed by atoms with E-state index < -0.39 is 0 Å². The number of benzene rings is 1. The van der Waals surface area contributed by atoms with Crippen molar-refractivity contribution in [3.63, 3.8) is 0 Å². The summed E-state index contributed by atoms with van der Waals surface area (Å²) in [4.78, 5) is 13.0. The number of H-pyrrole nitrogens is 1. The Bertz CT molecular complexity index is 1250. The molecule has 1 aromatic carbocycles. The van der Waals surface area contributed by atoms with Gasteiger partial charge in [0.2, 0.25) is 0 Å². The van der Waals surface area contributed by atoms with Crippen molar-refractivity contribution in [2.45, 2.75) is 86.1 Å². The van der Waals surface area contributed by atoms with Crippen LogP contribution in [-0.2, 0) is 0 Å². The molecule has 6 heteroatoms. The lowest BCUT2D eigenvalue weighted by Gasteiger charge is -2.15. The van der Waals surface area contributed by atoms with Crippen LogP contribution < -0.4 is 5.32 Å². The molecule has 3 aromatic rings. The highest BCUT2D eigenvalue weighted by Gasteiger charge is 2.17. The number of para-hydroxylation sites is 2. The van der Waals surface area contributed by atoms with Gasteiger partial charge in [0.05, 0.1) is 22.1 Å². The summed E-state index contributed by atoms with van der Waals surface area (Å²) in [5.74, 6) is 3.81. The minimum atomic E-state index is 0.0769. The molecule has 39 heavy (non-hydrogen) atoms. The van der Waals surface area contributed by atoms with Gasteiger partial charge in [-0.1, -0.05) is 58.7 Å². The first-order chi connectivity index (χ1) is 18.8. The van der Waals surface area contributed by atoms with Gasteiger partial charge in [-0.05, 0) is 92.2 Å². The summed E-state index contributed by atoms with van der Waals surface area (Å²) in [5.41, 5.74) is 7.96. The summed E-state index contributed by atoms with van der Waals surface area (Å²) in [6, 6.07) is 8.29. The number of hydrogen-bond donors (Lipinski definition) is 2. The van der Waals surface area contributed by atoms with Crippen molar-refractivity contribution in [1.82, 2.24) is 15.0 Å². The second kappa shape index (κ2) is 16.5. The van der Waals surface area contributed by atoms with E-state index in [9.17, 15) is 0 Å². The maximum Gasteiger partial charge on any atom is 0.137 e. The minimum Gasteiger partial charge on any atom is -0.359 e. The molecule has 0 radical (unpaired) electrons. The van der Waals surface area contributed by atoms with Crippen LogP contribution >= 0.6 is 23.1 Å². The van der Waals surface area contributed by atoms with Crippen LogP contribution in [0.25, 0.3) is 11.0 Å². The Labute approximate surface area is 244 Å². The number of anilines is 1. The topological polar surface area (TPSA) is 53.6 Å². The number of aryl methyl sites for hydroxylation is 1. The lowest BCUT2D eigenvalue weighted by molar-refractivity contribution is 0.821. The van der Waals surface area contributed by atoms with Crippen molar-refractivity contribution in [2.24, 2.45) is 0 Å². The molecule has 0 spiro atoms. The molecule has 0 saturated carbocycles. The third-order valence-electron chi connectivity index (χ3n) is 6.67. The van der Waals surface area contributed by atoms with Crippen LogP contribution in [0.4, 0.5) is 5.82 Å². The number of allylic oxidation sites excluding steroid dienone is 7. The van der Waals surface area contributed by atoms with Gasteiger partial charge in [-0.2, -0.15) is 11.8 Å². The van der Waals surface area contributed by atoms with E-state index in [0.29, 0.717) is 0 Å². The lowest BCUT2D eigenvalue weighted by atomic mass is 10.0. The van der Waals surface area contributed by atoms with Crippen molar-refractivity contribution in [1.29, 1.82) is 0 Å². The summed E-state index contributed by atoms with van der Waals surface area (Å²) in [6.45, 7) is 13.2. The van der Waals surface area contributed by atoms with Crippen molar-refractivity contribution in [3.8, 4) is 0 Å². The average molecular weight is 563 g/mol. The summed E-state index contributed by atoms with van der Waals surface area (Å²) >= 11 is 3.60. The molecule has 1 atom stereocenters. The Hall–Kier alpha value is -2.57. The number of nitrogens with zero attached hydrogens (tertiary/aromatic N) is 2. The quantitative estimate of drug-likeness (QED) is 0.135. The number of hydrogen-bond acceptors (Lipinski definition) is 5. The van der Waals surface area contributed by atoms with Gasteiger partial charge in [0.15, 0.2) is 0 Å². The van der Waals surface area contributed by atoms with E-state index >= 15 is 0 Å². The molecule has 0 fully saturated rings. The summed E-state index contributed by atoms with van der Waals surface area (Å²) in [7, 11) is 0. The van der Waals surface area contributed by atoms with Gasteiger partial charge < -0.3 is 10.3 Å². The number of aromatic amines is 1. The number of thioether (sulfide) groups is 1. The minimum absolute atomic E-state index is 0.0769. The molecule has 4 nitrogen and oxygen atoms in total. The third-order valence-corrected chi connectivity index (χ3v) is 8.41. The molecule has 2 aromatic heterocycles. The number of thiazole rings is 1. The lowest BCUT2D eigenvalue weighted by Crippen LogP contribution is -2.15. The van der Waals surface area contributed by atoms with Crippen molar-refractivity contribution in [2.75, 3.05) is 16.8 Å². The highest BCUT2D eigenvalue weighted by molar-refractivity contribution is 7.99. The molecule has 0 aliphatic heterocycles. The van der Waals surface area contributed by atoms with Gasteiger partial charge in [0, 0.05) is 16.9 Å². The summed E-state index contributed by atoms with van der Waals surface area (Å²) in [6.07, 6.45) is 16.4. The van der Waals surface area contributed by atoms with Gasteiger partial charge in [-0.25, -0.2) is 9.97 Å². The van der Waals surface area contributed by atoms with Gasteiger partial charge in [0.25, 0.3) is 0 Å². The molecule has 2 heterocycles. The van der Waals surface area contributed by atoms with Crippen LogP contribution in [0.15, 0.2) is 76.2 Å². The van der Waals surface area contributed by atoms with Crippen LogP contribution in [0.5, 0.6) is 0 Å². The zero-order valence-corrected chi connectivity index (χ0v) is 26.3. The number of rotatable bonds is 16. The molecule has 0 aliphatic rings. The summed E-state index contributed by atoms with van der Waals surface area (Å²) in [5, 5.41) is 6.75. The molecule has 2 N–H and O–H groups in total. The Morgan fingerprint density at radius 1 is 0.897 bits per heavy atom. The smallest absolute Gasteiger partial charge is 0.137 e. The third kappa shape index (κ3) is 11.6. The fourth-order valence-electron chi connectivity index (χ4n) is 4.31. The van der Waals surface area contributed by atoms with Gasteiger partial charge in [-0.3, -0.25) is 0 Å². The van der Waals surface area contributed by atoms with Gasteiger partial charge in [0.1, 0.15) is 11.6 Å². The highest BCUT2D eigenvalue weighted by atomic mass is 32.2. The first kappa shape index (κ1) is 31.0. The predicted octanol–water partition coefficient (Wildman–Crippen LogP) is 10.4. The second-order valence-electron chi connectivity index (χ2n) is 10.7. The van der Waals surface area contributed by atoms with Gasteiger partial charge >= 0.3 is 0 Å². The molecular formula is C33H46N4S2. The van der Waals surface area contributed by atoms with E-state index in [0.717, 1.165) is 71.3 Å². The van der Waals surface area contributed by atoms with Crippen LogP contribution in [0.1, 0.15) is 90.0 Å². The largest absolute Gasteiger partial charge is 0.359 e. The molecule has 0 saturated heterocycles. The Kier molecular flexibility index (Phi) is 13.1. The van der Waals surface area contributed by atoms with E-state index in [2.05, 4.69) is 91.7 Å². The normalized spacial score (nSPS) is 13.6. The van der Waals surface area contributed by atoms with Crippen molar-refractivity contribution in [3.05, 3.63) is 87.1 Å². The monoisotopic (exact) mass is 562 g/mol. The van der Waals surface area contributed by atoms with E-state index in [1.165, 1.54) is 28.7 Å². The molecule has 1 unspecified atom stereocenters. The van der Waals surface area contributed by atoms with Crippen molar-refractivity contribution < 1.29 is 0 Å². The number of nitrogens with one attached hydrogen (secondary N) is 2. The standard InChI is InChI=1S/C33H46N4S2/c1-24(2)12-9-13-25(3)14-10-15-26(4)16-11-17-27(5)20-21-38-22-31(35-32-23-39-28(6)34-32)33-36-29-18-7-8-19-30(29)37-33/h7-8,12,14,16,18-20,23,31,35H,9-11,13,15,17,21-22H2,1-6H3,(H,36,37)/b25-14+,26-16+,27-20+.